The molecule has 220 valence electrons. The van der Waals surface area contributed by atoms with Gasteiger partial charge in [0.25, 0.3) is 5.91 Å². The summed E-state index contributed by atoms with van der Waals surface area (Å²) in [6, 6.07) is 9.09. The van der Waals surface area contributed by atoms with E-state index in [1.54, 1.807) is 31.7 Å². The number of nitrogens with zero attached hydrogens (tertiary/aromatic N) is 1. The van der Waals surface area contributed by atoms with Crippen LogP contribution >= 0.6 is 11.6 Å². The van der Waals surface area contributed by atoms with Gasteiger partial charge in [0.1, 0.15) is 17.7 Å². The Kier molecular flexibility index (Phi) is 11.6. The van der Waals surface area contributed by atoms with Crippen LogP contribution in [-0.4, -0.2) is 40.5 Å². The minimum Gasteiger partial charge on any atom is -0.444 e. The summed E-state index contributed by atoms with van der Waals surface area (Å²) in [6.07, 6.45) is 0.317. The number of para-hydroxylation sites is 1. The third kappa shape index (κ3) is 8.98. The summed E-state index contributed by atoms with van der Waals surface area (Å²) in [7, 11) is 0. The summed E-state index contributed by atoms with van der Waals surface area (Å²) in [5.74, 6) is -0.621. The first-order valence-electron chi connectivity index (χ1n) is 14.0. The number of ether oxygens (including phenoxy) is 1. The van der Waals surface area contributed by atoms with E-state index in [2.05, 4.69) is 10.6 Å². The summed E-state index contributed by atoms with van der Waals surface area (Å²) in [5.41, 5.74) is 3.24. The topological polar surface area (TPSA) is 87.7 Å². The quantitative estimate of drug-likeness (QED) is 0.309. The van der Waals surface area contributed by atoms with E-state index in [4.69, 9.17) is 16.3 Å². The molecule has 0 saturated carbocycles. The number of anilines is 1. The molecule has 2 aromatic rings. The Morgan fingerprint density at radius 3 is 2.17 bits per heavy atom. The van der Waals surface area contributed by atoms with Crippen LogP contribution in [0.1, 0.15) is 89.6 Å². The summed E-state index contributed by atoms with van der Waals surface area (Å²) in [5, 5.41) is 6.22. The van der Waals surface area contributed by atoms with Crippen molar-refractivity contribution in [3.05, 3.63) is 63.7 Å². The molecule has 0 bridgehead atoms. The molecule has 3 unspecified atom stereocenters. The van der Waals surface area contributed by atoms with Gasteiger partial charge in [-0.2, -0.15) is 0 Å². The van der Waals surface area contributed by atoms with Crippen molar-refractivity contribution in [2.45, 2.75) is 106 Å². The number of halogens is 1. The molecule has 40 heavy (non-hydrogen) atoms. The second-order valence-corrected chi connectivity index (χ2v) is 12.4. The summed E-state index contributed by atoms with van der Waals surface area (Å²) >= 11 is 6.47. The molecule has 0 aliphatic heterocycles. The summed E-state index contributed by atoms with van der Waals surface area (Å²) < 4.78 is 5.48. The fourth-order valence-corrected chi connectivity index (χ4v) is 4.92. The summed E-state index contributed by atoms with van der Waals surface area (Å²) in [6.45, 7) is 19.0. The minimum atomic E-state index is -0.964. The normalized spacial score (nSPS) is 13.8. The Labute approximate surface area is 245 Å². The molecule has 7 nitrogen and oxygen atoms in total. The third-order valence-electron chi connectivity index (χ3n) is 6.73. The molecule has 0 saturated heterocycles. The van der Waals surface area contributed by atoms with Gasteiger partial charge in [-0.25, -0.2) is 4.79 Å². The number of carbonyl (C=O) groups excluding carboxylic acids is 3. The molecule has 0 aliphatic carbocycles. The van der Waals surface area contributed by atoms with Gasteiger partial charge in [0, 0.05) is 6.04 Å². The Hall–Kier alpha value is -3.06. The maximum atomic E-state index is 14.4. The van der Waals surface area contributed by atoms with Crippen LogP contribution in [0, 0.1) is 26.7 Å². The molecule has 3 atom stereocenters. The lowest BCUT2D eigenvalue weighted by atomic mass is 9.93. The Morgan fingerprint density at radius 1 is 1.00 bits per heavy atom. The fourth-order valence-electron chi connectivity index (χ4n) is 4.65. The van der Waals surface area contributed by atoms with Crippen molar-refractivity contribution in [2.75, 3.05) is 5.32 Å². The molecule has 0 aromatic heterocycles. The van der Waals surface area contributed by atoms with Crippen LogP contribution in [-0.2, 0) is 14.3 Å². The molecule has 0 radical (unpaired) electrons. The maximum Gasteiger partial charge on any atom is 0.408 e. The molecular weight excluding hydrogens is 526 g/mol. The lowest BCUT2D eigenvalue weighted by Gasteiger charge is -2.39. The second kappa shape index (κ2) is 14.0. The lowest BCUT2D eigenvalue weighted by Crippen LogP contribution is -2.55. The van der Waals surface area contributed by atoms with Crippen LogP contribution in [0.4, 0.5) is 10.5 Å². The van der Waals surface area contributed by atoms with E-state index in [1.165, 1.54) is 0 Å². The number of nitrogens with one attached hydrogen (secondary N) is 2. The van der Waals surface area contributed by atoms with E-state index in [9.17, 15) is 14.4 Å². The number of rotatable bonds is 10. The van der Waals surface area contributed by atoms with Crippen LogP contribution in [0.2, 0.25) is 5.02 Å². The maximum absolute atomic E-state index is 14.4. The van der Waals surface area contributed by atoms with E-state index in [1.807, 2.05) is 78.8 Å². The van der Waals surface area contributed by atoms with Crippen molar-refractivity contribution in [1.82, 2.24) is 10.2 Å². The van der Waals surface area contributed by atoms with Crippen LogP contribution in [0.5, 0.6) is 0 Å². The molecule has 2 N–H and O–H groups in total. The van der Waals surface area contributed by atoms with Gasteiger partial charge < -0.3 is 20.3 Å². The highest BCUT2D eigenvalue weighted by molar-refractivity contribution is 6.34. The third-order valence-corrected chi connectivity index (χ3v) is 7.05. The van der Waals surface area contributed by atoms with Crippen molar-refractivity contribution < 1.29 is 19.1 Å². The molecule has 8 heteroatoms. The monoisotopic (exact) mass is 571 g/mol. The van der Waals surface area contributed by atoms with E-state index in [0.29, 0.717) is 29.1 Å². The number of hydrogen-bond donors (Lipinski definition) is 2. The first kappa shape index (κ1) is 33.1. The van der Waals surface area contributed by atoms with Gasteiger partial charge in [-0.1, -0.05) is 68.3 Å². The van der Waals surface area contributed by atoms with Gasteiger partial charge in [-0.05, 0) is 90.0 Å². The highest BCUT2D eigenvalue weighted by Crippen LogP contribution is 2.33. The minimum absolute atomic E-state index is 0.0989. The van der Waals surface area contributed by atoms with E-state index < -0.39 is 23.8 Å². The zero-order valence-electron chi connectivity index (χ0n) is 25.6. The van der Waals surface area contributed by atoms with Crippen molar-refractivity contribution in [2.24, 2.45) is 5.92 Å². The summed E-state index contributed by atoms with van der Waals surface area (Å²) in [4.78, 5) is 43.0. The highest BCUT2D eigenvalue weighted by atomic mass is 35.5. The number of aryl methyl sites for hydroxylation is 3. The van der Waals surface area contributed by atoms with Gasteiger partial charge in [-0.15, -0.1) is 0 Å². The Morgan fingerprint density at radius 2 is 1.65 bits per heavy atom. The van der Waals surface area contributed by atoms with Crippen molar-refractivity contribution in [3.8, 4) is 0 Å². The number of benzene rings is 2. The van der Waals surface area contributed by atoms with Gasteiger partial charge in [-0.3, -0.25) is 9.59 Å². The average molecular weight is 572 g/mol. The molecule has 0 fully saturated rings. The van der Waals surface area contributed by atoms with Crippen LogP contribution in [0.25, 0.3) is 0 Å². The fraction of sp³-hybridized carbons (Fsp3) is 0.531. The van der Waals surface area contributed by atoms with E-state index >= 15 is 0 Å². The molecule has 3 amide bonds. The molecule has 2 aromatic carbocycles. The zero-order chi connectivity index (χ0) is 30.4. The van der Waals surface area contributed by atoms with Crippen LogP contribution in [0.15, 0.2) is 36.4 Å². The standard InChI is InChI=1S/C32H46ClN3O4/c1-11-23(7)36(30(38)26(17-19(2)3)34-31(39)40-32(8,9)10)28(24-16-15-20(4)18-22(24)6)29(37)35-27-21(5)13-12-14-25(27)33/h12-16,18-19,23,26,28H,11,17H2,1-10H3,(H,34,39)(H,35,37). The van der Waals surface area contributed by atoms with Crippen LogP contribution in [0.3, 0.4) is 0 Å². The first-order chi connectivity index (χ1) is 18.5. The predicted molar refractivity (Wildman–Crippen MR) is 163 cm³/mol. The lowest BCUT2D eigenvalue weighted by molar-refractivity contribution is -0.143. The zero-order valence-corrected chi connectivity index (χ0v) is 26.4. The predicted octanol–water partition coefficient (Wildman–Crippen LogP) is 7.51. The molecule has 2 rings (SSSR count). The average Bonchev–Trinajstić information content (AvgIpc) is 2.82. The van der Waals surface area contributed by atoms with Crippen molar-refractivity contribution in [3.63, 3.8) is 0 Å². The molecule has 0 spiro atoms. The van der Waals surface area contributed by atoms with Crippen molar-refractivity contribution >= 4 is 35.2 Å². The van der Waals surface area contributed by atoms with Crippen LogP contribution < -0.4 is 10.6 Å². The SMILES string of the molecule is CCC(C)N(C(=O)C(CC(C)C)NC(=O)OC(C)(C)C)C(C(=O)Nc1c(C)cccc1Cl)c1ccc(C)cc1C. The largest absolute Gasteiger partial charge is 0.444 e. The smallest absolute Gasteiger partial charge is 0.408 e. The van der Waals surface area contributed by atoms with Crippen molar-refractivity contribution in [1.29, 1.82) is 0 Å². The Balaban J connectivity index is 2.66. The Bertz CT molecular complexity index is 1180. The molecular formula is C32H46ClN3O4. The van der Waals surface area contributed by atoms with E-state index in [-0.39, 0.29) is 23.8 Å². The molecule has 0 heterocycles. The van der Waals surface area contributed by atoms with Gasteiger partial charge in [0.2, 0.25) is 5.91 Å². The van der Waals surface area contributed by atoms with Gasteiger partial charge in [0.15, 0.2) is 0 Å². The highest BCUT2D eigenvalue weighted by Gasteiger charge is 2.39. The molecule has 0 aliphatic rings. The number of carbonyl (C=O) groups is 3. The van der Waals surface area contributed by atoms with Gasteiger partial charge >= 0.3 is 6.09 Å². The number of amides is 3. The van der Waals surface area contributed by atoms with E-state index in [0.717, 1.165) is 16.7 Å². The second-order valence-electron chi connectivity index (χ2n) is 12.0. The first-order valence-corrected chi connectivity index (χ1v) is 14.4. The van der Waals surface area contributed by atoms with Gasteiger partial charge in [0.05, 0.1) is 10.7 Å². The number of hydrogen-bond acceptors (Lipinski definition) is 4. The number of alkyl carbamates (subject to hydrolysis) is 1.